The van der Waals surface area contributed by atoms with Crippen LogP contribution >= 0.6 is 0 Å². The lowest BCUT2D eigenvalue weighted by Gasteiger charge is -2.29. The van der Waals surface area contributed by atoms with Crippen molar-refractivity contribution in [1.29, 1.82) is 0 Å². The summed E-state index contributed by atoms with van der Waals surface area (Å²) in [6.45, 7) is 3.86. The normalized spacial score (nSPS) is 20.4. The largest absolute Gasteiger partial charge is 0.352 e. The molecule has 1 heterocycles. The number of hydrogen-bond acceptors (Lipinski definition) is 4. The Balaban J connectivity index is 1.66. The number of hydrogen-bond donors (Lipinski definition) is 2. The first kappa shape index (κ1) is 15.3. The van der Waals surface area contributed by atoms with E-state index in [9.17, 15) is 9.59 Å². The van der Waals surface area contributed by atoms with Crippen molar-refractivity contribution < 1.29 is 9.59 Å². The summed E-state index contributed by atoms with van der Waals surface area (Å²) in [5, 5.41) is 6.27. The molecule has 2 aliphatic rings. The highest BCUT2D eigenvalue weighted by Crippen LogP contribution is 2.17. The van der Waals surface area contributed by atoms with Gasteiger partial charge >= 0.3 is 0 Å². The molecule has 0 radical (unpaired) electrons. The lowest BCUT2D eigenvalue weighted by molar-refractivity contribution is -0.133. The third-order valence-corrected chi connectivity index (χ3v) is 4.01. The summed E-state index contributed by atoms with van der Waals surface area (Å²) in [6, 6.07) is 0.347. The average Bonchev–Trinajstić information content (AvgIpc) is 2.92. The molecule has 2 amide bonds. The Morgan fingerprint density at radius 3 is 2.50 bits per heavy atom. The Labute approximate surface area is 120 Å². The van der Waals surface area contributed by atoms with Crippen LogP contribution in [0.4, 0.5) is 0 Å². The first-order valence-electron chi connectivity index (χ1n) is 7.61. The van der Waals surface area contributed by atoms with Gasteiger partial charge in [0.05, 0.1) is 13.1 Å². The molecule has 0 unspecified atom stereocenters. The maximum absolute atomic E-state index is 12.1. The number of nitrogens with zero attached hydrogens (tertiary/aromatic N) is 2. The van der Waals surface area contributed by atoms with E-state index in [0.717, 1.165) is 39.0 Å². The van der Waals surface area contributed by atoms with Crippen molar-refractivity contribution in [3.8, 4) is 0 Å². The van der Waals surface area contributed by atoms with Crippen molar-refractivity contribution in [3.05, 3.63) is 0 Å². The fourth-order valence-electron chi connectivity index (χ4n) is 2.89. The maximum Gasteiger partial charge on any atom is 0.236 e. The molecule has 114 valence electrons. The molecule has 20 heavy (non-hydrogen) atoms. The van der Waals surface area contributed by atoms with Gasteiger partial charge in [0.1, 0.15) is 0 Å². The van der Waals surface area contributed by atoms with Gasteiger partial charge in [0.2, 0.25) is 11.8 Å². The van der Waals surface area contributed by atoms with Crippen LogP contribution in [0.25, 0.3) is 0 Å². The maximum atomic E-state index is 12.1. The summed E-state index contributed by atoms with van der Waals surface area (Å²) >= 11 is 0. The van der Waals surface area contributed by atoms with Crippen molar-refractivity contribution in [2.24, 2.45) is 0 Å². The summed E-state index contributed by atoms with van der Waals surface area (Å²) in [7, 11) is 1.83. The minimum atomic E-state index is 0.0347. The molecule has 6 heteroatoms. The zero-order valence-electron chi connectivity index (χ0n) is 12.4. The Kier molecular flexibility index (Phi) is 5.79. The van der Waals surface area contributed by atoms with Gasteiger partial charge in [-0.2, -0.15) is 0 Å². The van der Waals surface area contributed by atoms with E-state index in [-0.39, 0.29) is 11.8 Å². The van der Waals surface area contributed by atoms with Crippen molar-refractivity contribution in [2.45, 2.75) is 31.7 Å². The van der Waals surface area contributed by atoms with Gasteiger partial charge in [0.25, 0.3) is 0 Å². The molecule has 1 aliphatic heterocycles. The van der Waals surface area contributed by atoms with Crippen molar-refractivity contribution >= 4 is 11.8 Å². The molecule has 0 aromatic rings. The molecular formula is C14H26N4O2. The lowest BCUT2D eigenvalue weighted by atomic mass is 10.2. The highest BCUT2D eigenvalue weighted by Gasteiger charge is 2.20. The van der Waals surface area contributed by atoms with Crippen LogP contribution in [0, 0.1) is 0 Å². The van der Waals surface area contributed by atoms with Crippen LogP contribution < -0.4 is 10.6 Å². The molecule has 1 aliphatic carbocycles. The summed E-state index contributed by atoms with van der Waals surface area (Å²) in [5.74, 6) is 0.148. The highest BCUT2D eigenvalue weighted by atomic mass is 16.2. The molecule has 1 saturated heterocycles. The van der Waals surface area contributed by atoms with E-state index in [1.807, 2.05) is 11.9 Å². The highest BCUT2D eigenvalue weighted by molar-refractivity contribution is 5.81. The Hall–Kier alpha value is -1.14. The van der Waals surface area contributed by atoms with Crippen LogP contribution in [0.2, 0.25) is 0 Å². The van der Waals surface area contributed by atoms with E-state index in [1.165, 1.54) is 12.8 Å². The predicted octanol–water partition coefficient (Wildman–Crippen LogP) is -0.591. The number of likely N-dealkylation sites (N-methyl/N-ethyl adjacent to an activating group) is 1. The number of nitrogens with one attached hydrogen (secondary N) is 2. The van der Waals surface area contributed by atoms with E-state index in [4.69, 9.17) is 0 Å². The molecular weight excluding hydrogens is 256 g/mol. The molecule has 2 rings (SSSR count). The molecule has 2 fully saturated rings. The van der Waals surface area contributed by atoms with Crippen LogP contribution in [-0.2, 0) is 9.59 Å². The molecule has 0 atom stereocenters. The molecule has 0 spiro atoms. The van der Waals surface area contributed by atoms with Crippen LogP contribution in [0.15, 0.2) is 0 Å². The second-order valence-electron chi connectivity index (χ2n) is 5.85. The van der Waals surface area contributed by atoms with E-state index >= 15 is 0 Å². The van der Waals surface area contributed by atoms with E-state index in [2.05, 4.69) is 10.6 Å². The fraction of sp³-hybridized carbons (Fsp3) is 0.857. The average molecular weight is 282 g/mol. The van der Waals surface area contributed by atoms with Gasteiger partial charge in [-0.1, -0.05) is 12.8 Å². The predicted molar refractivity (Wildman–Crippen MR) is 77.3 cm³/mol. The first-order chi connectivity index (χ1) is 9.65. The summed E-state index contributed by atoms with van der Waals surface area (Å²) in [4.78, 5) is 27.6. The summed E-state index contributed by atoms with van der Waals surface area (Å²) in [6.07, 6.45) is 4.61. The monoisotopic (exact) mass is 282 g/mol. The zero-order chi connectivity index (χ0) is 14.4. The van der Waals surface area contributed by atoms with Crippen molar-refractivity contribution in [3.63, 3.8) is 0 Å². The van der Waals surface area contributed by atoms with E-state index in [0.29, 0.717) is 19.1 Å². The van der Waals surface area contributed by atoms with Gasteiger partial charge in [-0.3, -0.25) is 14.5 Å². The number of rotatable bonds is 5. The smallest absolute Gasteiger partial charge is 0.236 e. The van der Waals surface area contributed by atoms with Crippen LogP contribution in [0.3, 0.4) is 0 Å². The van der Waals surface area contributed by atoms with Gasteiger partial charge < -0.3 is 15.5 Å². The lowest BCUT2D eigenvalue weighted by Crippen LogP contribution is -2.50. The molecule has 0 bridgehead atoms. The molecule has 0 aromatic carbocycles. The number of piperazine rings is 1. The number of carbonyl (C=O) groups is 2. The minimum absolute atomic E-state index is 0.0347. The Bertz CT molecular complexity index is 336. The molecule has 0 aromatic heterocycles. The van der Waals surface area contributed by atoms with E-state index < -0.39 is 0 Å². The Morgan fingerprint density at radius 1 is 1.20 bits per heavy atom. The first-order valence-corrected chi connectivity index (χ1v) is 7.61. The third kappa shape index (κ3) is 4.76. The zero-order valence-corrected chi connectivity index (χ0v) is 12.4. The van der Waals surface area contributed by atoms with Gasteiger partial charge in [-0.25, -0.2) is 0 Å². The molecule has 6 nitrogen and oxygen atoms in total. The van der Waals surface area contributed by atoms with Crippen molar-refractivity contribution in [2.75, 3.05) is 46.3 Å². The third-order valence-electron chi connectivity index (χ3n) is 4.01. The SMILES string of the molecule is CN(CC(=O)NC1CCCC1)CC(=O)N1CCNCC1. The summed E-state index contributed by atoms with van der Waals surface area (Å²) < 4.78 is 0. The van der Waals surface area contributed by atoms with Gasteiger partial charge in [0, 0.05) is 32.2 Å². The van der Waals surface area contributed by atoms with Crippen LogP contribution in [0.1, 0.15) is 25.7 Å². The van der Waals surface area contributed by atoms with Crippen molar-refractivity contribution in [1.82, 2.24) is 20.4 Å². The Morgan fingerprint density at radius 2 is 1.85 bits per heavy atom. The topological polar surface area (TPSA) is 64.7 Å². The van der Waals surface area contributed by atoms with Gasteiger partial charge in [0.15, 0.2) is 0 Å². The summed E-state index contributed by atoms with van der Waals surface area (Å²) in [5.41, 5.74) is 0. The molecule has 1 saturated carbocycles. The number of amides is 2. The van der Waals surface area contributed by atoms with Crippen LogP contribution in [-0.4, -0.2) is 74.0 Å². The number of carbonyl (C=O) groups excluding carboxylic acids is 2. The standard InChI is InChI=1S/C14H26N4O2/c1-17(10-13(19)16-12-4-2-3-5-12)11-14(20)18-8-6-15-7-9-18/h12,15H,2-11H2,1H3,(H,16,19). The minimum Gasteiger partial charge on any atom is -0.352 e. The second kappa shape index (κ2) is 7.59. The van der Waals surface area contributed by atoms with E-state index in [1.54, 1.807) is 4.90 Å². The van der Waals surface area contributed by atoms with Crippen LogP contribution in [0.5, 0.6) is 0 Å². The fourth-order valence-corrected chi connectivity index (χ4v) is 2.89. The van der Waals surface area contributed by atoms with Gasteiger partial charge in [-0.15, -0.1) is 0 Å². The second-order valence-corrected chi connectivity index (χ2v) is 5.85. The quantitative estimate of drug-likeness (QED) is 0.707. The van der Waals surface area contributed by atoms with Gasteiger partial charge in [-0.05, 0) is 19.9 Å². The molecule has 2 N–H and O–H groups in total.